The van der Waals surface area contributed by atoms with E-state index in [0.29, 0.717) is 41.8 Å². The highest BCUT2D eigenvalue weighted by Crippen LogP contribution is 2.26. The quantitative estimate of drug-likeness (QED) is 0.204. The maximum atomic E-state index is 10.5. The highest BCUT2D eigenvalue weighted by Gasteiger charge is 2.14. The molecule has 0 spiro atoms. The first-order valence-electron chi connectivity index (χ1n) is 11.1. The maximum Gasteiger partial charge on any atom is 0.329 e. The molecule has 0 aliphatic heterocycles. The Morgan fingerprint density at radius 2 is 1.94 bits per heavy atom. The molecule has 0 fully saturated rings. The molecule has 10 nitrogen and oxygen atoms in total. The summed E-state index contributed by atoms with van der Waals surface area (Å²) in [6.07, 6.45) is 8.26. The number of carboxylic acids is 1. The Balaban J connectivity index is 1.70. The van der Waals surface area contributed by atoms with Crippen molar-refractivity contribution in [3.8, 4) is 5.75 Å². The standard InChI is InChI=1S/C25H30N6O4/c1-16(17-8-9-19(29-12-17)5-4-10-35-15-24(33)34)31-14-18(13-30-31)21(25(27)28)11-22(26)20-6-2-3-7-23(20)32/h2-3,6-9,11-14,16,32H,4-5,10,15,26-28H2,1H3,(H,33,34)/b22-11-. The van der Waals surface area contributed by atoms with E-state index in [1.54, 1.807) is 47.4 Å². The van der Waals surface area contributed by atoms with Crippen LogP contribution in [0, 0.1) is 0 Å². The molecular weight excluding hydrogens is 448 g/mol. The van der Waals surface area contributed by atoms with Gasteiger partial charge >= 0.3 is 5.97 Å². The molecule has 35 heavy (non-hydrogen) atoms. The first-order chi connectivity index (χ1) is 16.8. The Morgan fingerprint density at radius 3 is 2.60 bits per heavy atom. The second-order valence-corrected chi connectivity index (χ2v) is 8.00. The number of hydrogen-bond donors (Lipinski definition) is 5. The summed E-state index contributed by atoms with van der Waals surface area (Å²) in [4.78, 5) is 15.0. The molecule has 2 heterocycles. The van der Waals surface area contributed by atoms with Crippen molar-refractivity contribution < 1.29 is 19.7 Å². The van der Waals surface area contributed by atoms with E-state index in [-0.39, 0.29) is 24.2 Å². The van der Waals surface area contributed by atoms with Gasteiger partial charge in [-0.25, -0.2) is 4.79 Å². The van der Waals surface area contributed by atoms with Crippen LogP contribution >= 0.6 is 0 Å². The molecule has 1 atom stereocenters. The molecule has 10 heteroatoms. The van der Waals surface area contributed by atoms with Crippen LogP contribution in [0.25, 0.3) is 11.3 Å². The Bertz CT molecular complexity index is 1210. The van der Waals surface area contributed by atoms with Crippen molar-refractivity contribution in [3.05, 3.63) is 89.3 Å². The van der Waals surface area contributed by atoms with Crippen LogP contribution in [-0.4, -0.2) is 44.2 Å². The number of phenolic OH excluding ortho intramolecular Hbond substituents is 1. The van der Waals surface area contributed by atoms with Gasteiger partial charge in [0.2, 0.25) is 0 Å². The lowest BCUT2D eigenvalue weighted by atomic mass is 10.0. The van der Waals surface area contributed by atoms with Gasteiger partial charge in [-0.05, 0) is 49.6 Å². The van der Waals surface area contributed by atoms with Gasteiger partial charge in [-0.1, -0.05) is 18.2 Å². The minimum atomic E-state index is -0.977. The number of aryl methyl sites for hydroxylation is 1. The Labute approximate surface area is 203 Å². The van der Waals surface area contributed by atoms with E-state index < -0.39 is 5.97 Å². The number of pyridine rings is 1. The fraction of sp³-hybridized carbons (Fsp3) is 0.240. The molecule has 0 saturated heterocycles. The van der Waals surface area contributed by atoms with Gasteiger partial charge in [0.05, 0.1) is 12.2 Å². The van der Waals surface area contributed by atoms with Crippen LogP contribution in [0.15, 0.2) is 66.9 Å². The molecule has 1 unspecified atom stereocenters. The predicted octanol–water partition coefficient (Wildman–Crippen LogP) is 2.21. The van der Waals surface area contributed by atoms with Gasteiger partial charge in [0, 0.05) is 47.1 Å². The third kappa shape index (κ3) is 6.84. The number of benzene rings is 1. The van der Waals surface area contributed by atoms with Crippen LogP contribution in [0.5, 0.6) is 5.75 Å². The van der Waals surface area contributed by atoms with Crippen molar-refractivity contribution in [1.29, 1.82) is 0 Å². The van der Waals surface area contributed by atoms with Crippen molar-refractivity contribution in [3.63, 3.8) is 0 Å². The number of allylic oxidation sites excluding steroid dienone is 2. The normalized spacial score (nSPS) is 12.3. The lowest BCUT2D eigenvalue weighted by Crippen LogP contribution is -2.12. The number of phenols is 1. The molecular formula is C25H30N6O4. The first kappa shape index (κ1) is 25.3. The van der Waals surface area contributed by atoms with Gasteiger partial charge in [0.15, 0.2) is 0 Å². The van der Waals surface area contributed by atoms with E-state index >= 15 is 0 Å². The van der Waals surface area contributed by atoms with Gasteiger partial charge in [-0.3, -0.25) is 9.67 Å². The van der Waals surface area contributed by atoms with Crippen LogP contribution in [-0.2, 0) is 16.0 Å². The predicted molar refractivity (Wildman–Crippen MR) is 133 cm³/mol. The fourth-order valence-corrected chi connectivity index (χ4v) is 3.47. The summed E-state index contributed by atoms with van der Waals surface area (Å²) in [5, 5.41) is 23.1. The van der Waals surface area contributed by atoms with Crippen LogP contribution < -0.4 is 17.2 Å². The average molecular weight is 479 g/mol. The zero-order valence-electron chi connectivity index (χ0n) is 19.5. The van der Waals surface area contributed by atoms with E-state index in [0.717, 1.165) is 11.3 Å². The number of nitrogens with zero attached hydrogens (tertiary/aromatic N) is 3. The van der Waals surface area contributed by atoms with Gasteiger partial charge in [-0.2, -0.15) is 5.10 Å². The number of para-hydroxylation sites is 1. The smallest absolute Gasteiger partial charge is 0.329 e. The van der Waals surface area contributed by atoms with Gasteiger partial charge < -0.3 is 32.2 Å². The minimum Gasteiger partial charge on any atom is -0.507 e. The van der Waals surface area contributed by atoms with Crippen molar-refractivity contribution in [1.82, 2.24) is 14.8 Å². The van der Waals surface area contributed by atoms with Crippen LogP contribution in [0.1, 0.15) is 41.8 Å². The molecule has 0 aliphatic rings. The highest BCUT2D eigenvalue weighted by atomic mass is 16.5. The molecule has 0 saturated carbocycles. The lowest BCUT2D eigenvalue weighted by Gasteiger charge is -2.13. The van der Waals surface area contributed by atoms with E-state index in [9.17, 15) is 9.90 Å². The summed E-state index contributed by atoms with van der Waals surface area (Å²) in [7, 11) is 0. The highest BCUT2D eigenvalue weighted by molar-refractivity contribution is 5.84. The summed E-state index contributed by atoms with van der Waals surface area (Å²) in [6.45, 7) is 2.07. The van der Waals surface area contributed by atoms with Crippen molar-refractivity contribution in [2.45, 2.75) is 25.8 Å². The third-order valence-corrected chi connectivity index (χ3v) is 5.41. The summed E-state index contributed by atoms with van der Waals surface area (Å²) in [5.74, 6) is -0.840. The molecule has 0 amide bonds. The molecule has 0 aliphatic carbocycles. The molecule has 3 rings (SSSR count). The molecule has 8 N–H and O–H groups in total. The summed E-state index contributed by atoms with van der Waals surface area (Å²) in [5.41, 5.74) is 21.9. The van der Waals surface area contributed by atoms with E-state index in [1.807, 2.05) is 25.3 Å². The van der Waals surface area contributed by atoms with Gasteiger partial charge in [0.25, 0.3) is 0 Å². The van der Waals surface area contributed by atoms with Crippen LogP contribution in [0.3, 0.4) is 0 Å². The zero-order chi connectivity index (χ0) is 25.4. The number of aliphatic carboxylic acids is 1. The topological polar surface area (TPSA) is 176 Å². The summed E-state index contributed by atoms with van der Waals surface area (Å²) < 4.78 is 6.82. The Kier molecular flexibility index (Phi) is 8.47. The SMILES string of the molecule is CC(c1ccc(CCCOCC(=O)O)nc1)n1cc(C(/C=C(\N)c2ccccc2O)=C(N)N)cn1. The number of nitrogens with two attached hydrogens (primary N) is 3. The largest absolute Gasteiger partial charge is 0.507 e. The summed E-state index contributed by atoms with van der Waals surface area (Å²) in [6, 6.07) is 10.6. The second-order valence-electron chi connectivity index (χ2n) is 8.00. The first-order valence-corrected chi connectivity index (χ1v) is 11.1. The van der Waals surface area contributed by atoms with Gasteiger partial charge in [0.1, 0.15) is 18.2 Å². The van der Waals surface area contributed by atoms with Crippen molar-refractivity contribution in [2.24, 2.45) is 17.2 Å². The molecule has 0 bridgehead atoms. The van der Waals surface area contributed by atoms with E-state index in [4.69, 9.17) is 27.0 Å². The van der Waals surface area contributed by atoms with Gasteiger partial charge in [-0.15, -0.1) is 0 Å². The number of rotatable bonds is 11. The van der Waals surface area contributed by atoms with E-state index in [2.05, 4.69) is 10.1 Å². The minimum absolute atomic E-state index is 0.0595. The fourth-order valence-electron chi connectivity index (χ4n) is 3.47. The number of ether oxygens (including phenoxy) is 1. The summed E-state index contributed by atoms with van der Waals surface area (Å²) >= 11 is 0. The Morgan fingerprint density at radius 1 is 1.17 bits per heavy atom. The number of hydrogen-bond acceptors (Lipinski definition) is 8. The Hall–Kier alpha value is -4.31. The lowest BCUT2D eigenvalue weighted by molar-refractivity contribution is -0.142. The molecule has 184 valence electrons. The number of carboxylic acid groups (broad SMARTS) is 1. The monoisotopic (exact) mass is 478 g/mol. The van der Waals surface area contributed by atoms with Crippen molar-refractivity contribution in [2.75, 3.05) is 13.2 Å². The average Bonchev–Trinajstić information content (AvgIpc) is 3.32. The van der Waals surface area contributed by atoms with Crippen LogP contribution in [0.2, 0.25) is 0 Å². The second kappa shape index (κ2) is 11.7. The third-order valence-electron chi connectivity index (χ3n) is 5.41. The molecule has 2 aromatic heterocycles. The number of aromatic nitrogens is 3. The number of aromatic hydroxyl groups is 1. The molecule has 3 aromatic rings. The van der Waals surface area contributed by atoms with Crippen LogP contribution in [0.4, 0.5) is 0 Å². The number of carbonyl (C=O) groups is 1. The maximum absolute atomic E-state index is 10.5. The molecule has 1 aromatic carbocycles. The van der Waals surface area contributed by atoms with Crippen molar-refractivity contribution >= 4 is 17.2 Å². The zero-order valence-corrected chi connectivity index (χ0v) is 19.5. The molecule has 0 radical (unpaired) electrons. The van der Waals surface area contributed by atoms with E-state index in [1.165, 1.54) is 0 Å².